The number of carbonyl (C=O) groups excluding carboxylic acids is 1. The Bertz CT molecular complexity index is 477. The normalized spacial score (nSPS) is 15.6. The summed E-state index contributed by atoms with van der Waals surface area (Å²) in [5, 5.41) is 0. The van der Waals surface area contributed by atoms with E-state index in [0.29, 0.717) is 25.0 Å². The van der Waals surface area contributed by atoms with Gasteiger partial charge in [-0.05, 0) is 37.5 Å². The molecular weight excluding hydrogens is 273 g/mol. The van der Waals surface area contributed by atoms with Gasteiger partial charge in [0.15, 0.2) is 0 Å². The minimum Gasteiger partial charge on any atom is -0.493 e. The zero-order chi connectivity index (χ0) is 15.2. The van der Waals surface area contributed by atoms with Gasteiger partial charge >= 0.3 is 0 Å². The lowest BCUT2D eigenvalue weighted by Gasteiger charge is -2.25. The van der Waals surface area contributed by atoms with Crippen LogP contribution in [0.15, 0.2) is 18.2 Å². The maximum Gasteiger partial charge on any atom is 0.210 e. The number of carbonyl (C=O) groups is 1. The van der Waals surface area contributed by atoms with E-state index in [1.807, 2.05) is 6.92 Å². The number of hydrogen-bond acceptors (Lipinski definition) is 3. The molecule has 1 aliphatic carbocycles. The Morgan fingerprint density at radius 3 is 2.76 bits per heavy atom. The van der Waals surface area contributed by atoms with Crippen molar-refractivity contribution < 1.29 is 18.7 Å². The predicted molar refractivity (Wildman–Crippen MR) is 77.7 cm³/mol. The summed E-state index contributed by atoms with van der Waals surface area (Å²) >= 11 is 0. The Labute approximate surface area is 124 Å². The third-order valence-electron chi connectivity index (χ3n) is 3.68. The highest BCUT2D eigenvalue weighted by Crippen LogP contribution is 2.34. The third-order valence-corrected chi connectivity index (χ3v) is 3.68. The van der Waals surface area contributed by atoms with Crippen LogP contribution in [0.1, 0.15) is 37.8 Å². The van der Waals surface area contributed by atoms with Crippen LogP contribution >= 0.6 is 0 Å². The van der Waals surface area contributed by atoms with Gasteiger partial charge in [0.1, 0.15) is 11.6 Å². The highest BCUT2D eigenvalue weighted by Gasteiger charge is 2.32. The van der Waals surface area contributed by atoms with Crippen LogP contribution in [0.4, 0.5) is 4.39 Å². The summed E-state index contributed by atoms with van der Waals surface area (Å²) in [7, 11) is 1.63. The highest BCUT2D eigenvalue weighted by molar-refractivity contribution is 5.50. The number of methoxy groups -OCH3 is 1. The molecule has 1 aromatic rings. The highest BCUT2D eigenvalue weighted by atomic mass is 19.1. The van der Waals surface area contributed by atoms with Gasteiger partial charge in [0.2, 0.25) is 6.41 Å². The number of amides is 1. The Balaban J connectivity index is 2.04. The monoisotopic (exact) mass is 295 g/mol. The van der Waals surface area contributed by atoms with E-state index >= 15 is 0 Å². The van der Waals surface area contributed by atoms with Crippen LogP contribution in [0.5, 0.6) is 5.75 Å². The molecule has 1 saturated carbocycles. The van der Waals surface area contributed by atoms with E-state index in [1.165, 1.54) is 12.1 Å². The standard InChI is InChI=1S/C16H22FNO3/c1-12(18(11-19)15-4-5-15)13-8-14(17)10-16(9-13)21-7-3-6-20-2/h8-12,15H,3-7H2,1-2H3/t12-/m0/s1. The van der Waals surface area contributed by atoms with Gasteiger partial charge in [0.25, 0.3) is 0 Å². The number of hydrogen-bond donors (Lipinski definition) is 0. The number of nitrogens with zero attached hydrogens (tertiary/aromatic N) is 1. The van der Waals surface area contributed by atoms with Crippen molar-refractivity contribution in [1.29, 1.82) is 0 Å². The molecule has 0 bridgehead atoms. The minimum absolute atomic E-state index is 0.146. The average Bonchev–Trinajstić information content (AvgIpc) is 3.28. The van der Waals surface area contributed by atoms with E-state index in [4.69, 9.17) is 9.47 Å². The lowest BCUT2D eigenvalue weighted by atomic mass is 10.1. The van der Waals surface area contributed by atoms with Crippen molar-refractivity contribution in [1.82, 2.24) is 4.90 Å². The minimum atomic E-state index is -0.345. The molecule has 0 aromatic heterocycles. The van der Waals surface area contributed by atoms with Crippen molar-refractivity contribution in [3.05, 3.63) is 29.6 Å². The van der Waals surface area contributed by atoms with Gasteiger partial charge in [-0.3, -0.25) is 4.79 Å². The van der Waals surface area contributed by atoms with Crippen molar-refractivity contribution in [2.45, 2.75) is 38.3 Å². The molecule has 5 heteroatoms. The largest absolute Gasteiger partial charge is 0.493 e. The third kappa shape index (κ3) is 4.43. The summed E-state index contributed by atoms with van der Waals surface area (Å²) in [6, 6.07) is 4.79. The van der Waals surface area contributed by atoms with Gasteiger partial charge in [-0.1, -0.05) is 0 Å². The lowest BCUT2D eigenvalue weighted by molar-refractivity contribution is -0.120. The van der Waals surface area contributed by atoms with Gasteiger partial charge in [-0.25, -0.2) is 4.39 Å². The molecule has 0 N–H and O–H groups in total. The molecule has 1 atom stereocenters. The second kappa shape index (κ2) is 7.41. The van der Waals surface area contributed by atoms with Crippen molar-refractivity contribution in [3.8, 4) is 5.75 Å². The van der Waals surface area contributed by atoms with Gasteiger partial charge in [0, 0.05) is 32.2 Å². The summed E-state index contributed by atoms with van der Waals surface area (Å²) in [5.41, 5.74) is 0.760. The van der Waals surface area contributed by atoms with Crippen molar-refractivity contribution in [3.63, 3.8) is 0 Å². The van der Waals surface area contributed by atoms with E-state index in [1.54, 1.807) is 18.1 Å². The van der Waals surface area contributed by atoms with E-state index in [2.05, 4.69) is 0 Å². The fraction of sp³-hybridized carbons (Fsp3) is 0.562. The van der Waals surface area contributed by atoms with Crippen LogP contribution in [0.25, 0.3) is 0 Å². The first-order valence-corrected chi connectivity index (χ1v) is 7.30. The first kappa shape index (κ1) is 15.8. The zero-order valence-corrected chi connectivity index (χ0v) is 12.5. The molecule has 0 aliphatic heterocycles. The summed E-state index contributed by atoms with van der Waals surface area (Å²) < 4.78 is 24.2. The molecule has 2 rings (SSSR count). The van der Waals surface area contributed by atoms with Gasteiger partial charge in [-0.15, -0.1) is 0 Å². The second-order valence-electron chi connectivity index (χ2n) is 5.37. The molecule has 0 heterocycles. The fourth-order valence-corrected chi connectivity index (χ4v) is 2.34. The molecule has 116 valence electrons. The fourth-order valence-electron chi connectivity index (χ4n) is 2.34. The van der Waals surface area contributed by atoms with Crippen LogP contribution in [0, 0.1) is 5.82 Å². The van der Waals surface area contributed by atoms with Crippen LogP contribution in [0.3, 0.4) is 0 Å². The molecule has 0 radical (unpaired) electrons. The van der Waals surface area contributed by atoms with E-state index in [9.17, 15) is 9.18 Å². The molecule has 0 unspecified atom stereocenters. The predicted octanol–water partition coefficient (Wildman–Crippen LogP) is 2.92. The Kier molecular flexibility index (Phi) is 5.56. The topological polar surface area (TPSA) is 38.8 Å². The SMILES string of the molecule is COCCCOc1cc(F)cc([C@H](C)N(C=O)C2CC2)c1. The van der Waals surface area contributed by atoms with Crippen LogP contribution in [0.2, 0.25) is 0 Å². The number of halogens is 1. The Morgan fingerprint density at radius 1 is 1.38 bits per heavy atom. The summed E-state index contributed by atoms with van der Waals surface area (Å²) in [6.45, 7) is 3.00. The smallest absolute Gasteiger partial charge is 0.210 e. The molecule has 1 aromatic carbocycles. The molecule has 1 fully saturated rings. The molecule has 4 nitrogen and oxygen atoms in total. The Morgan fingerprint density at radius 2 is 2.14 bits per heavy atom. The van der Waals surface area contributed by atoms with Gasteiger partial charge in [-0.2, -0.15) is 0 Å². The number of rotatable bonds is 9. The quantitative estimate of drug-likeness (QED) is 0.519. The van der Waals surface area contributed by atoms with Crippen LogP contribution in [-0.2, 0) is 9.53 Å². The summed E-state index contributed by atoms with van der Waals surface area (Å²) in [5.74, 6) is 0.150. The molecule has 0 spiro atoms. The van der Waals surface area contributed by atoms with Gasteiger partial charge in [0.05, 0.1) is 12.6 Å². The number of benzene rings is 1. The molecule has 21 heavy (non-hydrogen) atoms. The molecule has 1 amide bonds. The molecule has 0 saturated heterocycles. The number of ether oxygens (including phenoxy) is 2. The van der Waals surface area contributed by atoms with E-state index < -0.39 is 0 Å². The maximum absolute atomic E-state index is 13.7. The average molecular weight is 295 g/mol. The first-order chi connectivity index (χ1) is 10.2. The lowest BCUT2D eigenvalue weighted by Crippen LogP contribution is -2.27. The Hall–Kier alpha value is -1.62. The zero-order valence-electron chi connectivity index (χ0n) is 12.5. The van der Waals surface area contributed by atoms with E-state index in [0.717, 1.165) is 31.2 Å². The maximum atomic E-state index is 13.7. The van der Waals surface area contributed by atoms with Crippen LogP contribution < -0.4 is 4.74 Å². The van der Waals surface area contributed by atoms with Crippen molar-refractivity contribution in [2.75, 3.05) is 20.3 Å². The first-order valence-electron chi connectivity index (χ1n) is 7.30. The van der Waals surface area contributed by atoms with Crippen molar-refractivity contribution in [2.24, 2.45) is 0 Å². The summed E-state index contributed by atoms with van der Waals surface area (Å²) in [4.78, 5) is 13.0. The molecule has 1 aliphatic rings. The molecular formula is C16H22FNO3. The van der Waals surface area contributed by atoms with E-state index in [-0.39, 0.29) is 11.9 Å². The summed E-state index contributed by atoms with van der Waals surface area (Å²) in [6.07, 6.45) is 3.66. The van der Waals surface area contributed by atoms with Gasteiger partial charge < -0.3 is 14.4 Å². The van der Waals surface area contributed by atoms with Crippen LogP contribution in [-0.4, -0.2) is 37.7 Å². The second-order valence-corrected chi connectivity index (χ2v) is 5.37. The van der Waals surface area contributed by atoms with Crippen molar-refractivity contribution >= 4 is 6.41 Å².